The van der Waals surface area contributed by atoms with Crippen molar-refractivity contribution in [2.75, 3.05) is 37.5 Å². The van der Waals surface area contributed by atoms with Gasteiger partial charge in [-0.2, -0.15) is 0 Å². The molecule has 4 heterocycles. The normalized spacial score (nSPS) is 16.7. The van der Waals surface area contributed by atoms with Crippen molar-refractivity contribution in [3.63, 3.8) is 0 Å². The van der Waals surface area contributed by atoms with Crippen molar-refractivity contribution in [1.29, 1.82) is 0 Å². The van der Waals surface area contributed by atoms with Gasteiger partial charge in [0.25, 0.3) is 5.91 Å². The third-order valence-electron chi connectivity index (χ3n) is 7.45. The van der Waals surface area contributed by atoms with Crippen molar-refractivity contribution in [3.05, 3.63) is 64.2 Å². The summed E-state index contributed by atoms with van der Waals surface area (Å²) in [6.07, 6.45) is 3.28. The fourth-order valence-electron chi connectivity index (χ4n) is 4.99. The second kappa shape index (κ2) is 12.0. The quantitative estimate of drug-likeness (QED) is 0.407. The molecular weight excluding hydrogens is 549 g/mol. The van der Waals surface area contributed by atoms with Crippen LogP contribution in [0.5, 0.6) is 0 Å². The second-order valence-corrected chi connectivity index (χ2v) is 11.0. The van der Waals surface area contributed by atoms with Gasteiger partial charge in [-0.15, -0.1) is 0 Å². The number of ether oxygens (including phenoxy) is 1. The van der Waals surface area contributed by atoms with Crippen molar-refractivity contribution in [2.24, 2.45) is 0 Å². The van der Waals surface area contributed by atoms with Crippen molar-refractivity contribution in [1.82, 2.24) is 25.2 Å². The van der Waals surface area contributed by atoms with Crippen LogP contribution in [0.4, 0.5) is 16.2 Å². The van der Waals surface area contributed by atoms with Gasteiger partial charge in [0.1, 0.15) is 23.4 Å². The third kappa shape index (κ3) is 6.11. The zero-order chi connectivity index (χ0) is 29.3. The Labute approximate surface area is 243 Å². The molecule has 2 amide bonds. The SMILES string of the molecule is C[C@H](C(=O)N[C@H](C)c1nc(N(C)C)ccc1F)N1Cc2ccc(-c3nc(NC4CCOCC4)ncc3Cl)cc2C1=O. The third-order valence-corrected chi connectivity index (χ3v) is 7.72. The van der Waals surface area contributed by atoms with Gasteiger partial charge in [-0.1, -0.05) is 23.7 Å². The summed E-state index contributed by atoms with van der Waals surface area (Å²) in [6, 6.07) is 7.10. The van der Waals surface area contributed by atoms with E-state index in [-0.39, 0.29) is 24.2 Å². The van der Waals surface area contributed by atoms with Crippen LogP contribution in [0.1, 0.15) is 54.3 Å². The van der Waals surface area contributed by atoms with Crippen molar-refractivity contribution in [3.8, 4) is 11.3 Å². The minimum Gasteiger partial charge on any atom is -0.381 e. The number of benzene rings is 1. The van der Waals surface area contributed by atoms with Crippen LogP contribution in [0.2, 0.25) is 5.02 Å². The zero-order valence-corrected chi connectivity index (χ0v) is 24.2. The molecule has 0 radical (unpaired) electrons. The van der Waals surface area contributed by atoms with Crippen molar-refractivity contribution < 1.29 is 18.7 Å². The smallest absolute Gasteiger partial charge is 0.255 e. The lowest BCUT2D eigenvalue weighted by molar-refractivity contribution is -0.125. The van der Waals surface area contributed by atoms with E-state index in [1.165, 1.54) is 11.0 Å². The minimum atomic E-state index is -0.793. The van der Waals surface area contributed by atoms with E-state index < -0.39 is 23.8 Å². The first-order valence-corrected chi connectivity index (χ1v) is 14.0. The molecule has 0 bridgehead atoms. The lowest BCUT2D eigenvalue weighted by atomic mass is 10.0. The maximum Gasteiger partial charge on any atom is 0.255 e. The lowest BCUT2D eigenvalue weighted by Crippen LogP contribution is -2.46. The number of pyridine rings is 1. The number of amides is 2. The van der Waals surface area contributed by atoms with E-state index in [4.69, 9.17) is 16.3 Å². The maximum absolute atomic E-state index is 14.5. The molecule has 10 nitrogen and oxygen atoms in total. The first-order chi connectivity index (χ1) is 19.6. The van der Waals surface area contributed by atoms with Gasteiger partial charge in [0.05, 0.1) is 23.0 Å². The molecule has 1 saturated heterocycles. The topological polar surface area (TPSA) is 113 Å². The standard InChI is InChI=1S/C29H33ClFN7O3/c1-16(25-23(31)7-8-24(35-25)37(3)4)33-27(39)17(2)38-15-19-6-5-18(13-21(19)28(38)40)26-22(30)14-32-29(36-26)34-20-9-11-41-12-10-20/h5-8,13-14,16-17,20H,9-12,15H2,1-4H3,(H,33,39)(H,32,34,36)/t16-,17-/m1/s1. The van der Waals surface area contributed by atoms with E-state index in [9.17, 15) is 14.0 Å². The van der Waals surface area contributed by atoms with E-state index in [1.807, 2.05) is 12.1 Å². The molecular formula is C29H33ClFN7O3. The van der Waals surface area contributed by atoms with Crippen LogP contribution in [0, 0.1) is 5.82 Å². The molecule has 2 aromatic heterocycles. The first-order valence-electron chi connectivity index (χ1n) is 13.6. The van der Waals surface area contributed by atoms with Gasteiger partial charge in [-0.05, 0) is 50.5 Å². The molecule has 1 fully saturated rings. The number of rotatable bonds is 8. The predicted molar refractivity (Wildman–Crippen MR) is 154 cm³/mol. The molecule has 1 aromatic carbocycles. The van der Waals surface area contributed by atoms with Gasteiger partial charge in [-0.25, -0.2) is 19.3 Å². The average Bonchev–Trinajstić information content (AvgIpc) is 3.29. The summed E-state index contributed by atoms with van der Waals surface area (Å²) in [6.45, 7) is 4.97. The maximum atomic E-state index is 14.5. The van der Waals surface area contributed by atoms with E-state index in [2.05, 4.69) is 25.6 Å². The Morgan fingerprint density at radius 2 is 1.93 bits per heavy atom. The fourth-order valence-corrected chi connectivity index (χ4v) is 5.19. The van der Waals surface area contributed by atoms with Gasteiger partial charge in [0, 0.05) is 51.0 Å². The highest BCUT2D eigenvalue weighted by Gasteiger charge is 2.35. The molecule has 0 unspecified atom stereocenters. The Bertz CT molecular complexity index is 1460. The van der Waals surface area contributed by atoms with Gasteiger partial charge >= 0.3 is 0 Å². The van der Waals surface area contributed by atoms with Crippen LogP contribution in [0.3, 0.4) is 0 Å². The first kappa shape index (κ1) is 28.7. The minimum absolute atomic E-state index is 0.129. The number of hydrogen-bond acceptors (Lipinski definition) is 8. The number of halogens is 2. The van der Waals surface area contributed by atoms with Gasteiger partial charge < -0.3 is 25.2 Å². The van der Waals surface area contributed by atoms with Crippen molar-refractivity contribution >= 4 is 35.2 Å². The van der Waals surface area contributed by atoms with Crippen LogP contribution in [-0.2, 0) is 16.1 Å². The van der Waals surface area contributed by atoms with E-state index in [1.54, 1.807) is 51.2 Å². The summed E-state index contributed by atoms with van der Waals surface area (Å²) < 4.78 is 19.9. The highest BCUT2D eigenvalue weighted by Crippen LogP contribution is 2.32. The Balaban J connectivity index is 1.30. The van der Waals surface area contributed by atoms with Gasteiger partial charge in [0.2, 0.25) is 11.9 Å². The van der Waals surface area contributed by atoms with Crippen molar-refractivity contribution in [2.45, 2.75) is 51.4 Å². The summed E-state index contributed by atoms with van der Waals surface area (Å²) in [5.74, 6) is -0.152. The summed E-state index contributed by atoms with van der Waals surface area (Å²) in [7, 11) is 3.61. The molecule has 0 aliphatic carbocycles. The van der Waals surface area contributed by atoms with Crippen LogP contribution >= 0.6 is 11.6 Å². The molecule has 216 valence electrons. The molecule has 12 heteroatoms. The number of carbonyl (C=O) groups excluding carboxylic acids is 2. The molecule has 2 aliphatic rings. The molecule has 3 aromatic rings. The van der Waals surface area contributed by atoms with Crippen LogP contribution in [-0.4, -0.2) is 71.1 Å². The van der Waals surface area contributed by atoms with Gasteiger partial charge in [0.15, 0.2) is 0 Å². The number of anilines is 2. The number of nitrogens with zero attached hydrogens (tertiary/aromatic N) is 5. The van der Waals surface area contributed by atoms with E-state index in [0.717, 1.165) is 18.4 Å². The number of fused-ring (bicyclic) bond motifs is 1. The summed E-state index contributed by atoms with van der Waals surface area (Å²) in [5, 5.41) is 6.52. The summed E-state index contributed by atoms with van der Waals surface area (Å²) in [5.41, 5.74) is 2.59. The van der Waals surface area contributed by atoms with Crippen LogP contribution < -0.4 is 15.5 Å². The second-order valence-electron chi connectivity index (χ2n) is 10.6. The zero-order valence-electron chi connectivity index (χ0n) is 23.4. The van der Waals surface area contributed by atoms with E-state index in [0.29, 0.717) is 46.8 Å². The molecule has 2 N–H and O–H groups in total. The monoisotopic (exact) mass is 581 g/mol. The highest BCUT2D eigenvalue weighted by atomic mass is 35.5. The lowest BCUT2D eigenvalue weighted by Gasteiger charge is -2.25. The molecule has 41 heavy (non-hydrogen) atoms. The summed E-state index contributed by atoms with van der Waals surface area (Å²) >= 11 is 6.46. The number of hydrogen-bond donors (Lipinski definition) is 2. The number of aromatic nitrogens is 3. The number of carbonyl (C=O) groups is 2. The Hall–Kier alpha value is -3.83. The van der Waals surface area contributed by atoms with Crippen LogP contribution in [0.15, 0.2) is 36.5 Å². The number of nitrogens with one attached hydrogen (secondary N) is 2. The predicted octanol–water partition coefficient (Wildman–Crippen LogP) is 4.21. The van der Waals surface area contributed by atoms with Gasteiger partial charge in [-0.3, -0.25) is 9.59 Å². The Kier molecular flexibility index (Phi) is 8.37. The Morgan fingerprint density at radius 3 is 2.66 bits per heavy atom. The van der Waals surface area contributed by atoms with E-state index >= 15 is 0 Å². The average molecular weight is 582 g/mol. The molecule has 2 atom stereocenters. The molecule has 0 spiro atoms. The highest BCUT2D eigenvalue weighted by molar-refractivity contribution is 6.33. The molecule has 0 saturated carbocycles. The molecule has 5 rings (SSSR count). The summed E-state index contributed by atoms with van der Waals surface area (Å²) in [4.78, 5) is 43.2. The molecule has 2 aliphatic heterocycles. The fraction of sp³-hybridized carbons (Fsp3) is 0.414. The largest absolute Gasteiger partial charge is 0.381 e. The Morgan fingerprint density at radius 1 is 1.17 bits per heavy atom. The van der Waals surface area contributed by atoms with Crippen LogP contribution in [0.25, 0.3) is 11.3 Å².